The minimum Gasteiger partial charge on any atom is -0.478 e. The summed E-state index contributed by atoms with van der Waals surface area (Å²) < 4.78 is 0. The summed E-state index contributed by atoms with van der Waals surface area (Å²) in [6, 6.07) is 5.53. The van der Waals surface area contributed by atoms with E-state index in [0.29, 0.717) is 5.56 Å². The molecule has 0 spiro atoms. The van der Waals surface area contributed by atoms with Crippen molar-refractivity contribution < 1.29 is 9.90 Å². The molecule has 0 radical (unpaired) electrons. The topological polar surface area (TPSA) is 37.3 Å². The summed E-state index contributed by atoms with van der Waals surface area (Å²) in [6.07, 6.45) is 0.873. The van der Waals surface area contributed by atoms with Gasteiger partial charge in [0.15, 0.2) is 0 Å². The lowest BCUT2D eigenvalue weighted by atomic mass is 10.1. The Kier molecular flexibility index (Phi) is 4.01. The van der Waals surface area contributed by atoms with Crippen LogP contribution in [-0.4, -0.2) is 16.8 Å². The van der Waals surface area contributed by atoms with Gasteiger partial charge >= 0.3 is 5.97 Å². The van der Waals surface area contributed by atoms with Crippen molar-refractivity contribution in [3.8, 4) is 0 Å². The smallest absolute Gasteiger partial charge is 0.335 e. The minimum atomic E-state index is -0.849. The SMILES string of the molecule is CCSc1cc(CC)cc(C(=O)O)c1. The fourth-order valence-electron chi connectivity index (χ4n) is 1.24. The predicted octanol–water partition coefficient (Wildman–Crippen LogP) is 3.06. The van der Waals surface area contributed by atoms with E-state index in [2.05, 4.69) is 13.0 Å². The molecule has 0 amide bonds. The molecule has 0 aliphatic heterocycles. The van der Waals surface area contributed by atoms with Crippen LogP contribution >= 0.6 is 11.8 Å². The van der Waals surface area contributed by atoms with Crippen LogP contribution in [0.15, 0.2) is 23.1 Å². The van der Waals surface area contributed by atoms with Crippen LogP contribution in [0.5, 0.6) is 0 Å². The fraction of sp³-hybridized carbons (Fsp3) is 0.364. The van der Waals surface area contributed by atoms with Gasteiger partial charge in [-0.2, -0.15) is 0 Å². The molecule has 0 unspecified atom stereocenters. The van der Waals surface area contributed by atoms with Gasteiger partial charge in [-0.05, 0) is 35.9 Å². The lowest BCUT2D eigenvalue weighted by molar-refractivity contribution is 0.0696. The number of rotatable bonds is 4. The average molecular weight is 210 g/mol. The highest BCUT2D eigenvalue weighted by atomic mass is 32.2. The summed E-state index contributed by atoms with van der Waals surface area (Å²) >= 11 is 1.67. The molecule has 1 aromatic rings. The fourth-order valence-corrected chi connectivity index (χ4v) is 2.02. The molecular formula is C11H14O2S. The van der Waals surface area contributed by atoms with Gasteiger partial charge < -0.3 is 5.11 Å². The van der Waals surface area contributed by atoms with Crippen molar-refractivity contribution in [1.82, 2.24) is 0 Å². The first-order valence-corrected chi connectivity index (χ1v) is 5.66. The first-order chi connectivity index (χ1) is 6.67. The molecule has 0 saturated heterocycles. The molecule has 0 atom stereocenters. The maximum atomic E-state index is 10.8. The van der Waals surface area contributed by atoms with Crippen LogP contribution in [0.2, 0.25) is 0 Å². The van der Waals surface area contributed by atoms with Crippen molar-refractivity contribution in [1.29, 1.82) is 0 Å². The monoisotopic (exact) mass is 210 g/mol. The second-order valence-corrected chi connectivity index (χ2v) is 4.29. The van der Waals surface area contributed by atoms with Gasteiger partial charge in [0.1, 0.15) is 0 Å². The van der Waals surface area contributed by atoms with Crippen molar-refractivity contribution in [2.45, 2.75) is 25.2 Å². The number of hydrogen-bond donors (Lipinski definition) is 1. The third-order valence-corrected chi connectivity index (χ3v) is 2.79. The molecular weight excluding hydrogens is 196 g/mol. The largest absolute Gasteiger partial charge is 0.478 e. The van der Waals surface area contributed by atoms with Crippen LogP contribution in [0.4, 0.5) is 0 Å². The summed E-state index contributed by atoms with van der Waals surface area (Å²) in [6.45, 7) is 4.09. The molecule has 0 aromatic heterocycles. The lowest BCUT2D eigenvalue weighted by Gasteiger charge is -2.04. The summed E-state index contributed by atoms with van der Waals surface area (Å²) in [5.74, 6) is 0.116. The molecule has 14 heavy (non-hydrogen) atoms. The second-order valence-electron chi connectivity index (χ2n) is 2.96. The standard InChI is InChI=1S/C11H14O2S/c1-3-8-5-9(11(12)13)7-10(6-8)14-4-2/h5-7H,3-4H2,1-2H3,(H,12,13). The molecule has 0 fully saturated rings. The van der Waals surface area contributed by atoms with Crippen LogP contribution in [-0.2, 0) is 6.42 Å². The van der Waals surface area contributed by atoms with Gasteiger partial charge in [0.25, 0.3) is 0 Å². The number of carboxylic acid groups (broad SMARTS) is 1. The normalized spacial score (nSPS) is 10.1. The zero-order valence-corrected chi connectivity index (χ0v) is 9.23. The Morgan fingerprint density at radius 3 is 2.57 bits per heavy atom. The van der Waals surface area contributed by atoms with Crippen molar-refractivity contribution in [3.05, 3.63) is 29.3 Å². The highest BCUT2D eigenvalue weighted by molar-refractivity contribution is 7.99. The molecule has 0 aliphatic rings. The van der Waals surface area contributed by atoms with Gasteiger partial charge in [-0.3, -0.25) is 0 Å². The second kappa shape index (κ2) is 5.05. The van der Waals surface area contributed by atoms with Crippen LogP contribution in [0.3, 0.4) is 0 Å². The Balaban J connectivity index is 3.06. The first-order valence-electron chi connectivity index (χ1n) is 4.67. The number of benzene rings is 1. The van der Waals surface area contributed by atoms with Gasteiger partial charge in [0.2, 0.25) is 0 Å². The van der Waals surface area contributed by atoms with Crippen molar-refractivity contribution in [3.63, 3.8) is 0 Å². The number of carbonyl (C=O) groups is 1. The zero-order chi connectivity index (χ0) is 10.6. The number of carboxylic acids is 1. The average Bonchev–Trinajstić information content (AvgIpc) is 2.17. The van der Waals surface area contributed by atoms with Crippen LogP contribution in [0.1, 0.15) is 29.8 Å². The number of aromatic carboxylic acids is 1. The molecule has 0 aliphatic carbocycles. The van der Waals surface area contributed by atoms with Crippen LogP contribution in [0, 0.1) is 0 Å². The Bertz CT molecular complexity index is 334. The van der Waals surface area contributed by atoms with E-state index < -0.39 is 5.97 Å². The van der Waals surface area contributed by atoms with E-state index in [1.54, 1.807) is 23.9 Å². The van der Waals surface area contributed by atoms with Gasteiger partial charge in [-0.15, -0.1) is 11.8 Å². The van der Waals surface area contributed by atoms with Crippen molar-refractivity contribution in [2.75, 3.05) is 5.75 Å². The Labute approximate surface area is 88.3 Å². The van der Waals surface area contributed by atoms with Gasteiger partial charge in [-0.25, -0.2) is 4.79 Å². The molecule has 3 heteroatoms. The Hall–Kier alpha value is -0.960. The Morgan fingerprint density at radius 1 is 1.36 bits per heavy atom. The first kappa shape index (κ1) is 11.1. The third kappa shape index (κ3) is 2.77. The maximum absolute atomic E-state index is 10.8. The van der Waals surface area contributed by atoms with E-state index in [1.807, 2.05) is 6.92 Å². The Morgan fingerprint density at radius 2 is 2.07 bits per heavy atom. The zero-order valence-electron chi connectivity index (χ0n) is 8.41. The molecule has 76 valence electrons. The summed E-state index contributed by atoms with van der Waals surface area (Å²) in [5.41, 5.74) is 1.47. The lowest BCUT2D eigenvalue weighted by Crippen LogP contribution is -1.98. The molecule has 1 rings (SSSR count). The van der Waals surface area contributed by atoms with Gasteiger partial charge in [0, 0.05) is 4.90 Å². The molecule has 1 N–H and O–H groups in total. The third-order valence-electron chi connectivity index (χ3n) is 1.93. The number of thioether (sulfide) groups is 1. The van der Waals surface area contributed by atoms with Gasteiger partial charge in [-0.1, -0.05) is 13.8 Å². The van der Waals surface area contributed by atoms with Crippen LogP contribution < -0.4 is 0 Å². The van der Waals surface area contributed by atoms with E-state index in [1.165, 1.54) is 0 Å². The highest BCUT2D eigenvalue weighted by Crippen LogP contribution is 2.21. The minimum absolute atomic E-state index is 0.389. The van der Waals surface area contributed by atoms with Crippen molar-refractivity contribution >= 4 is 17.7 Å². The van der Waals surface area contributed by atoms with Crippen molar-refractivity contribution in [2.24, 2.45) is 0 Å². The molecule has 0 saturated carbocycles. The van der Waals surface area contributed by atoms with E-state index in [-0.39, 0.29) is 0 Å². The summed E-state index contributed by atoms with van der Waals surface area (Å²) in [5, 5.41) is 8.89. The number of hydrogen-bond acceptors (Lipinski definition) is 2. The van der Waals surface area contributed by atoms with Gasteiger partial charge in [0.05, 0.1) is 5.56 Å². The quantitative estimate of drug-likeness (QED) is 0.776. The highest BCUT2D eigenvalue weighted by Gasteiger charge is 2.05. The van der Waals surface area contributed by atoms with Crippen LogP contribution in [0.25, 0.3) is 0 Å². The summed E-state index contributed by atoms with van der Waals surface area (Å²) in [4.78, 5) is 11.9. The summed E-state index contributed by atoms with van der Waals surface area (Å²) in [7, 11) is 0. The number of aryl methyl sites for hydroxylation is 1. The van der Waals surface area contributed by atoms with E-state index in [0.717, 1.165) is 22.6 Å². The molecule has 2 nitrogen and oxygen atoms in total. The molecule has 0 bridgehead atoms. The van der Waals surface area contributed by atoms with E-state index in [4.69, 9.17) is 5.11 Å². The molecule has 1 aromatic carbocycles. The molecule has 0 heterocycles. The predicted molar refractivity (Wildman–Crippen MR) is 59.2 cm³/mol. The van der Waals surface area contributed by atoms with E-state index in [9.17, 15) is 4.79 Å². The van der Waals surface area contributed by atoms with E-state index >= 15 is 0 Å². The maximum Gasteiger partial charge on any atom is 0.335 e.